The minimum absolute atomic E-state index is 1.22. The summed E-state index contributed by atoms with van der Waals surface area (Å²) in [5.41, 5.74) is 2.86. The Morgan fingerprint density at radius 3 is 2.17 bits per heavy atom. The molecule has 0 amide bonds. The van der Waals surface area contributed by atoms with Crippen molar-refractivity contribution in [1.29, 1.82) is 0 Å². The van der Waals surface area contributed by atoms with Gasteiger partial charge in [-0.1, -0.05) is 70.2 Å². The lowest BCUT2D eigenvalue weighted by molar-refractivity contribution is 0.632. The summed E-state index contributed by atoms with van der Waals surface area (Å²) in [6.45, 7) is 4.53. The van der Waals surface area contributed by atoms with Crippen LogP contribution in [0.5, 0.6) is 0 Å². The number of benzene rings is 1. The van der Waals surface area contributed by atoms with Crippen LogP contribution >= 0.6 is 22.7 Å². The van der Waals surface area contributed by atoms with Gasteiger partial charge < -0.3 is 0 Å². The van der Waals surface area contributed by atoms with Crippen LogP contribution in [0.3, 0.4) is 0 Å². The third-order valence-corrected chi connectivity index (χ3v) is 6.96. The van der Waals surface area contributed by atoms with Crippen molar-refractivity contribution >= 4 is 32.1 Å². The molecule has 0 bridgehead atoms. The van der Waals surface area contributed by atoms with Crippen LogP contribution in [-0.4, -0.2) is 0 Å². The summed E-state index contributed by atoms with van der Waals surface area (Å²) in [6, 6.07) is 14.0. The number of thiophene rings is 2. The van der Waals surface area contributed by atoms with E-state index in [4.69, 9.17) is 0 Å². The highest BCUT2D eigenvalue weighted by Gasteiger charge is 2.08. The lowest BCUT2D eigenvalue weighted by Crippen LogP contribution is -1.86. The van der Waals surface area contributed by atoms with E-state index in [1.54, 1.807) is 0 Å². The molecule has 0 N–H and O–H groups in total. The van der Waals surface area contributed by atoms with E-state index >= 15 is 0 Å². The molecule has 3 aromatic rings. The second-order valence-electron chi connectivity index (χ2n) is 6.66. The standard InChI is InChI=1S/C22H28S2/c1-3-5-6-7-8-10-17-11-13-18(14-12-17)20-16-22-21(24-20)15-19(23-22)9-4-2/h11-16H,3-10H2,1-2H3. The molecule has 128 valence electrons. The second-order valence-corrected chi connectivity index (χ2v) is 8.92. The van der Waals surface area contributed by atoms with E-state index < -0.39 is 0 Å². The second kappa shape index (κ2) is 8.82. The first-order valence-corrected chi connectivity index (χ1v) is 11.0. The molecule has 0 aliphatic heterocycles. The van der Waals surface area contributed by atoms with Gasteiger partial charge in [0.25, 0.3) is 0 Å². The molecule has 0 unspecified atom stereocenters. The molecule has 0 radical (unpaired) electrons. The SMILES string of the molecule is CCCCCCCc1ccc(-c2cc3sc(CCC)cc3s2)cc1. The van der Waals surface area contributed by atoms with Gasteiger partial charge in [0.2, 0.25) is 0 Å². The van der Waals surface area contributed by atoms with Gasteiger partial charge >= 0.3 is 0 Å². The number of fused-ring (bicyclic) bond motifs is 1. The zero-order valence-corrected chi connectivity index (χ0v) is 16.6. The van der Waals surface area contributed by atoms with Crippen LogP contribution in [0, 0.1) is 0 Å². The van der Waals surface area contributed by atoms with Crippen LogP contribution in [0.4, 0.5) is 0 Å². The Morgan fingerprint density at radius 2 is 1.46 bits per heavy atom. The first-order valence-electron chi connectivity index (χ1n) is 9.41. The highest BCUT2D eigenvalue weighted by atomic mass is 32.1. The zero-order chi connectivity index (χ0) is 16.8. The highest BCUT2D eigenvalue weighted by molar-refractivity contribution is 7.29. The van der Waals surface area contributed by atoms with Crippen LogP contribution in [0.1, 0.15) is 62.8 Å². The third kappa shape index (κ3) is 4.49. The maximum absolute atomic E-state index is 2.39. The molecular weight excluding hydrogens is 328 g/mol. The molecule has 24 heavy (non-hydrogen) atoms. The Bertz CT molecular complexity index is 714. The van der Waals surface area contributed by atoms with Gasteiger partial charge in [0.05, 0.1) is 0 Å². The van der Waals surface area contributed by atoms with Crippen LogP contribution in [-0.2, 0) is 12.8 Å². The quantitative estimate of drug-likeness (QED) is 0.340. The van der Waals surface area contributed by atoms with E-state index in [0.29, 0.717) is 0 Å². The van der Waals surface area contributed by atoms with Crippen LogP contribution in [0.2, 0.25) is 0 Å². The summed E-state index contributed by atoms with van der Waals surface area (Å²) < 4.78 is 2.91. The van der Waals surface area contributed by atoms with Crippen molar-refractivity contribution in [2.24, 2.45) is 0 Å². The van der Waals surface area contributed by atoms with E-state index in [2.05, 4.69) is 50.2 Å². The zero-order valence-electron chi connectivity index (χ0n) is 14.9. The smallest absolute Gasteiger partial charge is 0.0460 e. The lowest BCUT2D eigenvalue weighted by atomic mass is 10.0. The largest absolute Gasteiger partial charge is 0.139 e. The molecule has 2 aromatic heterocycles. The predicted octanol–water partition coefficient (Wildman–Crippen LogP) is 8.10. The number of rotatable bonds is 9. The normalized spacial score (nSPS) is 11.4. The van der Waals surface area contributed by atoms with Gasteiger partial charge in [0, 0.05) is 19.2 Å². The average Bonchev–Trinajstić information content (AvgIpc) is 3.14. The van der Waals surface area contributed by atoms with Gasteiger partial charge in [0.1, 0.15) is 0 Å². The van der Waals surface area contributed by atoms with E-state index in [9.17, 15) is 0 Å². The van der Waals surface area contributed by atoms with Crippen LogP contribution < -0.4 is 0 Å². The van der Waals surface area contributed by atoms with Crippen molar-refractivity contribution < 1.29 is 0 Å². The van der Waals surface area contributed by atoms with Crippen molar-refractivity contribution in [1.82, 2.24) is 0 Å². The van der Waals surface area contributed by atoms with Gasteiger partial charge in [-0.05, 0) is 42.5 Å². The maximum atomic E-state index is 2.39. The minimum Gasteiger partial charge on any atom is -0.139 e. The monoisotopic (exact) mass is 356 g/mol. The molecule has 0 fully saturated rings. The summed E-state index contributed by atoms with van der Waals surface area (Å²) >= 11 is 3.91. The summed E-state index contributed by atoms with van der Waals surface area (Å²) in [6.07, 6.45) is 10.5. The van der Waals surface area contributed by atoms with Crippen LogP contribution in [0.25, 0.3) is 19.8 Å². The van der Waals surface area contributed by atoms with Crippen molar-refractivity contribution in [2.45, 2.75) is 65.2 Å². The Balaban J connectivity index is 1.61. The Labute approximate surface area is 154 Å². The Kier molecular flexibility index (Phi) is 6.51. The average molecular weight is 357 g/mol. The van der Waals surface area contributed by atoms with E-state index in [-0.39, 0.29) is 0 Å². The molecular formula is C22H28S2. The fourth-order valence-corrected chi connectivity index (χ4v) is 5.70. The predicted molar refractivity (Wildman–Crippen MR) is 112 cm³/mol. The number of aryl methyl sites for hydroxylation is 2. The van der Waals surface area contributed by atoms with Crippen LogP contribution in [0.15, 0.2) is 36.4 Å². The van der Waals surface area contributed by atoms with Gasteiger partial charge in [-0.15, -0.1) is 22.7 Å². The van der Waals surface area contributed by atoms with E-state index in [0.717, 1.165) is 0 Å². The van der Waals surface area contributed by atoms with E-state index in [1.807, 2.05) is 22.7 Å². The van der Waals surface area contributed by atoms with Gasteiger partial charge in [-0.3, -0.25) is 0 Å². The molecule has 0 aliphatic rings. The summed E-state index contributed by atoms with van der Waals surface area (Å²) in [5, 5.41) is 0. The van der Waals surface area contributed by atoms with E-state index in [1.165, 1.54) is 81.6 Å². The third-order valence-electron chi connectivity index (χ3n) is 4.56. The molecule has 2 heteroatoms. The van der Waals surface area contributed by atoms with Gasteiger partial charge in [-0.2, -0.15) is 0 Å². The van der Waals surface area contributed by atoms with Crippen molar-refractivity contribution in [2.75, 3.05) is 0 Å². The molecule has 0 aliphatic carbocycles. The highest BCUT2D eigenvalue weighted by Crippen LogP contribution is 2.38. The molecule has 0 nitrogen and oxygen atoms in total. The molecule has 0 atom stereocenters. The summed E-state index contributed by atoms with van der Waals surface area (Å²) in [7, 11) is 0. The first kappa shape index (κ1) is 17.7. The molecule has 0 saturated heterocycles. The molecule has 0 saturated carbocycles. The number of hydrogen-bond acceptors (Lipinski definition) is 2. The molecule has 3 rings (SSSR count). The molecule has 2 heterocycles. The number of hydrogen-bond donors (Lipinski definition) is 0. The van der Waals surface area contributed by atoms with Crippen molar-refractivity contribution in [3.63, 3.8) is 0 Å². The summed E-state index contributed by atoms with van der Waals surface area (Å²) in [4.78, 5) is 2.94. The first-order chi connectivity index (χ1) is 11.8. The topological polar surface area (TPSA) is 0 Å². The summed E-state index contributed by atoms with van der Waals surface area (Å²) in [5.74, 6) is 0. The minimum atomic E-state index is 1.22. The molecule has 1 aromatic carbocycles. The van der Waals surface area contributed by atoms with Gasteiger partial charge in [0.15, 0.2) is 0 Å². The Hall–Kier alpha value is -1.12. The lowest BCUT2D eigenvalue weighted by Gasteiger charge is -2.03. The fourth-order valence-electron chi connectivity index (χ4n) is 3.17. The van der Waals surface area contributed by atoms with Crippen molar-refractivity contribution in [3.05, 3.63) is 46.8 Å². The molecule has 0 spiro atoms. The number of unbranched alkanes of at least 4 members (excludes halogenated alkanes) is 4. The maximum Gasteiger partial charge on any atom is 0.0460 e. The fraction of sp³-hybridized carbons (Fsp3) is 0.455. The van der Waals surface area contributed by atoms with Gasteiger partial charge in [-0.25, -0.2) is 0 Å². The Morgan fingerprint density at radius 1 is 0.708 bits per heavy atom. The van der Waals surface area contributed by atoms with Crippen molar-refractivity contribution in [3.8, 4) is 10.4 Å².